The summed E-state index contributed by atoms with van der Waals surface area (Å²) in [5, 5.41) is 0. The second kappa shape index (κ2) is 4.04. The number of ether oxygens (including phenoxy) is 1. The zero-order valence-corrected chi connectivity index (χ0v) is 9.31. The normalized spacial score (nSPS) is 9.92. The summed E-state index contributed by atoms with van der Waals surface area (Å²) in [6.45, 7) is 2.04. The van der Waals surface area contributed by atoms with E-state index < -0.39 is 5.97 Å². The molecule has 1 heterocycles. The van der Waals surface area contributed by atoms with Gasteiger partial charge >= 0.3 is 5.97 Å². The minimum Gasteiger partial charge on any atom is -0.461 e. The van der Waals surface area contributed by atoms with Gasteiger partial charge in [-0.2, -0.15) is 4.98 Å². The summed E-state index contributed by atoms with van der Waals surface area (Å²) < 4.78 is 9.88. The zero-order valence-electron chi connectivity index (χ0n) is 6.13. The van der Waals surface area contributed by atoms with Crippen molar-refractivity contribution in [3.63, 3.8) is 0 Å². The van der Waals surface area contributed by atoms with E-state index in [2.05, 4.69) is 36.8 Å². The summed E-state index contributed by atoms with van der Waals surface area (Å²) in [5.41, 5.74) is 0.142. The number of esters is 1. The van der Waals surface area contributed by atoms with Gasteiger partial charge in [-0.05, 0) is 22.9 Å². The molecule has 4 nitrogen and oxygen atoms in total. The number of aromatic nitrogens is 1. The molecular weight excluding hydrogens is 294 g/mol. The van der Waals surface area contributed by atoms with E-state index in [0.29, 0.717) is 6.61 Å². The quantitative estimate of drug-likeness (QED) is 0.787. The summed E-state index contributed by atoms with van der Waals surface area (Å²) in [4.78, 5) is 15.1. The Morgan fingerprint density at radius 2 is 2.33 bits per heavy atom. The molecule has 0 bridgehead atoms. The van der Waals surface area contributed by atoms with Crippen LogP contribution in [0.5, 0.6) is 0 Å². The summed E-state index contributed by atoms with van der Waals surface area (Å²) in [7, 11) is 0. The van der Waals surface area contributed by atoms with E-state index in [1.54, 1.807) is 6.92 Å². The number of rotatable bonds is 2. The van der Waals surface area contributed by atoms with E-state index in [1.807, 2.05) is 0 Å². The van der Waals surface area contributed by atoms with E-state index in [1.165, 1.54) is 0 Å². The number of oxazole rings is 1. The lowest BCUT2D eigenvalue weighted by Gasteiger charge is -1.95. The Balaban J connectivity index is 2.87. The van der Waals surface area contributed by atoms with Crippen molar-refractivity contribution in [3.05, 3.63) is 15.2 Å². The summed E-state index contributed by atoms with van der Waals surface area (Å²) >= 11 is 6.01. The molecule has 0 fully saturated rings. The highest BCUT2D eigenvalue weighted by Crippen LogP contribution is 2.21. The van der Waals surface area contributed by atoms with Crippen molar-refractivity contribution in [2.45, 2.75) is 6.92 Å². The molecule has 6 heteroatoms. The molecule has 0 spiro atoms. The third-order valence-electron chi connectivity index (χ3n) is 1.03. The first-order valence-corrected chi connectivity index (χ1v) is 4.72. The molecule has 0 radical (unpaired) electrons. The monoisotopic (exact) mass is 297 g/mol. The van der Waals surface area contributed by atoms with Crippen molar-refractivity contribution in [1.29, 1.82) is 0 Å². The largest absolute Gasteiger partial charge is 0.461 e. The number of nitrogens with zero attached hydrogens (tertiary/aromatic N) is 1. The molecule has 0 atom stereocenters. The number of halogens is 2. The molecule has 0 saturated carbocycles. The van der Waals surface area contributed by atoms with Gasteiger partial charge in [0.2, 0.25) is 10.4 Å². The van der Waals surface area contributed by atoms with Crippen LogP contribution in [-0.4, -0.2) is 17.6 Å². The minimum atomic E-state index is -0.501. The number of hydrogen-bond acceptors (Lipinski definition) is 4. The summed E-state index contributed by atoms with van der Waals surface area (Å²) in [6.07, 6.45) is 0. The molecule has 0 aliphatic rings. The Morgan fingerprint density at radius 3 is 2.75 bits per heavy atom. The third kappa shape index (κ3) is 2.07. The number of hydrogen-bond donors (Lipinski definition) is 0. The third-order valence-corrected chi connectivity index (χ3v) is 1.91. The Morgan fingerprint density at radius 1 is 1.67 bits per heavy atom. The average Bonchev–Trinajstić information content (AvgIpc) is 2.30. The maximum absolute atomic E-state index is 11.1. The van der Waals surface area contributed by atoms with Crippen molar-refractivity contribution in [3.8, 4) is 0 Å². The molecule has 0 saturated heterocycles. The van der Waals surface area contributed by atoms with Gasteiger partial charge in [0, 0.05) is 15.9 Å². The summed E-state index contributed by atoms with van der Waals surface area (Å²) in [6, 6.07) is 0. The van der Waals surface area contributed by atoms with Gasteiger partial charge < -0.3 is 9.15 Å². The molecule has 0 unspecified atom stereocenters. The molecule has 66 valence electrons. The van der Waals surface area contributed by atoms with Crippen molar-refractivity contribution < 1.29 is 13.9 Å². The van der Waals surface area contributed by atoms with Crippen LogP contribution in [0.25, 0.3) is 0 Å². The van der Waals surface area contributed by atoms with Crippen LogP contribution < -0.4 is 0 Å². The fraction of sp³-hybridized carbons (Fsp3) is 0.333. The second-order valence-corrected chi connectivity index (χ2v) is 3.21. The molecule has 1 aromatic heterocycles. The SMILES string of the molecule is CCOC(=O)c1nc(Br)oc1Br. The smallest absolute Gasteiger partial charge is 0.361 e. The fourth-order valence-electron chi connectivity index (χ4n) is 0.602. The van der Waals surface area contributed by atoms with E-state index in [4.69, 9.17) is 9.15 Å². The van der Waals surface area contributed by atoms with Crippen LogP contribution in [-0.2, 0) is 4.74 Å². The highest BCUT2D eigenvalue weighted by Gasteiger charge is 2.17. The van der Waals surface area contributed by atoms with Crippen molar-refractivity contribution in [1.82, 2.24) is 4.98 Å². The highest BCUT2D eigenvalue weighted by molar-refractivity contribution is 9.11. The first-order chi connectivity index (χ1) is 5.65. The van der Waals surface area contributed by atoms with Gasteiger partial charge in [-0.3, -0.25) is 0 Å². The molecule has 0 aliphatic heterocycles. The molecule has 0 amide bonds. The van der Waals surface area contributed by atoms with Gasteiger partial charge in [-0.15, -0.1) is 0 Å². The predicted molar refractivity (Wildman–Crippen MR) is 47.9 cm³/mol. The van der Waals surface area contributed by atoms with Gasteiger partial charge in [-0.25, -0.2) is 4.79 Å². The van der Waals surface area contributed by atoms with E-state index >= 15 is 0 Å². The van der Waals surface area contributed by atoms with Crippen LogP contribution >= 0.6 is 31.9 Å². The maximum atomic E-state index is 11.1. The van der Waals surface area contributed by atoms with E-state index in [0.717, 1.165) is 0 Å². The van der Waals surface area contributed by atoms with Crippen LogP contribution in [0.1, 0.15) is 17.4 Å². The van der Waals surface area contributed by atoms with Crippen LogP contribution in [0.15, 0.2) is 13.9 Å². The van der Waals surface area contributed by atoms with Gasteiger partial charge in [0.25, 0.3) is 4.80 Å². The van der Waals surface area contributed by atoms with Crippen LogP contribution in [0, 0.1) is 0 Å². The minimum absolute atomic E-state index is 0.142. The second-order valence-electron chi connectivity index (χ2n) is 1.81. The Bertz CT molecular complexity index is 297. The van der Waals surface area contributed by atoms with Crippen LogP contribution in [0.2, 0.25) is 0 Å². The number of carbonyl (C=O) groups is 1. The van der Waals surface area contributed by atoms with Crippen molar-refractivity contribution in [2.75, 3.05) is 6.61 Å². The Kier molecular flexibility index (Phi) is 3.28. The van der Waals surface area contributed by atoms with Gasteiger partial charge in [-0.1, -0.05) is 0 Å². The Labute approximate surface area is 85.6 Å². The number of carbonyl (C=O) groups excluding carboxylic acids is 1. The van der Waals surface area contributed by atoms with E-state index in [-0.39, 0.29) is 15.2 Å². The first kappa shape index (κ1) is 9.73. The lowest BCUT2D eigenvalue weighted by molar-refractivity contribution is 0.0518. The molecule has 0 N–H and O–H groups in total. The molecular formula is C6H5Br2NO3. The fourth-order valence-corrected chi connectivity index (χ4v) is 1.56. The molecule has 1 aromatic rings. The van der Waals surface area contributed by atoms with Crippen LogP contribution in [0.4, 0.5) is 0 Å². The van der Waals surface area contributed by atoms with Crippen molar-refractivity contribution >= 4 is 37.8 Å². The van der Waals surface area contributed by atoms with Crippen molar-refractivity contribution in [2.24, 2.45) is 0 Å². The first-order valence-electron chi connectivity index (χ1n) is 3.14. The molecule has 12 heavy (non-hydrogen) atoms. The maximum Gasteiger partial charge on any atom is 0.361 e. The lowest BCUT2D eigenvalue weighted by Crippen LogP contribution is -2.05. The van der Waals surface area contributed by atoms with Crippen LogP contribution in [0.3, 0.4) is 0 Å². The standard InChI is InChI=1S/C6H5Br2NO3/c1-2-11-5(10)3-4(7)12-6(8)9-3/h2H2,1H3. The van der Waals surface area contributed by atoms with Gasteiger partial charge in [0.15, 0.2) is 0 Å². The highest BCUT2D eigenvalue weighted by atomic mass is 79.9. The van der Waals surface area contributed by atoms with E-state index in [9.17, 15) is 4.79 Å². The van der Waals surface area contributed by atoms with Gasteiger partial charge in [0.1, 0.15) is 0 Å². The molecule has 0 aromatic carbocycles. The average molecular weight is 299 g/mol. The van der Waals surface area contributed by atoms with Gasteiger partial charge in [0.05, 0.1) is 6.61 Å². The predicted octanol–water partition coefficient (Wildman–Crippen LogP) is 2.38. The molecule has 0 aliphatic carbocycles. The Hall–Kier alpha value is -0.360. The zero-order chi connectivity index (χ0) is 9.14. The molecule has 1 rings (SSSR count). The summed E-state index contributed by atoms with van der Waals surface area (Å²) in [5.74, 6) is -0.501. The lowest BCUT2D eigenvalue weighted by atomic mass is 10.5. The topological polar surface area (TPSA) is 52.3 Å².